The van der Waals surface area contributed by atoms with Gasteiger partial charge in [0.25, 0.3) is 5.91 Å². The van der Waals surface area contributed by atoms with Crippen molar-refractivity contribution in [3.63, 3.8) is 0 Å². The summed E-state index contributed by atoms with van der Waals surface area (Å²) in [5, 5.41) is 3.39. The average molecular weight is 291 g/mol. The Hall–Kier alpha value is -2.20. The Morgan fingerprint density at radius 1 is 1.25 bits per heavy atom. The number of hydrogen-bond donors (Lipinski definition) is 2. The standard InChI is InChI=1S/C15H15ClN2O2/c1-2-20-14-8-3-10(9-13(14)17)15(19)18-12-6-4-11(16)5-7-12/h3-9H,2,17H2,1H3,(H,18,19). The molecule has 0 bridgehead atoms. The van der Waals surface area contributed by atoms with Crippen molar-refractivity contribution >= 4 is 28.9 Å². The van der Waals surface area contributed by atoms with E-state index < -0.39 is 0 Å². The Labute approximate surface area is 122 Å². The molecule has 5 heteroatoms. The van der Waals surface area contributed by atoms with Crippen LogP contribution in [0.25, 0.3) is 0 Å². The highest BCUT2D eigenvalue weighted by atomic mass is 35.5. The number of nitrogens with one attached hydrogen (secondary N) is 1. The maximum absolute atomic E-state index is 12.1. The van der Waals surface area contributed by atoms with E-state index in [9.17, 15) is 4.79 Å². The van der Waals surface area contributed by atoms with Crippen LogP contribution in [-0.2, 0) is 0 Å². The van der Waals surface area contributed by atoms with Crippen LogP contribution in [0.5, 0.6) is 5.75 Å². The van der Waals surface area contributed by atoms with E-state index >= 15 is 0 Å². The Morgan fingerprint density at radius 2 is 1.95 bits per heavy atom. The third-order valence-corrected chi connectivity index (χ3v) is 2.93. The van der Waals surface area contributed by atoms with Crippen LogP contribution >= 0.6 is 11.6 Å². The van der Waals surface area contributed by atoms with Gasteiger partial charge in [0.1, 0.15) is 5.75 Å². The first-order valence-electron chi connectivity index (χ1n) is 6.19. The zero-order valence-corrected chi connectivity index (χ0v) is 11.8. The van der Waals surface area contributed by atoms with Gasteiger partial charge in [-0.15, -0.1) is 0 Å². The molecule has 0 aliphatic heterocycles. The molecule has 1 amide bonds. The van der Waals surface area contributed by atoms with Gasteiger partial charge in [-0.1, -0.05) is 11.6 Å². The van der Waals surface area contributed by atoms with E-state index in [2.05, 4.69) is 5.32 Å². The quantitative estimate of drug-likeness (QED) is 0.846. The number of amides is 1. The minimum atomic E-state index is -0.234. The molecule has 0 saturated heterocycles. The molecule has 0 unspecified atom stereocenters. The minimum absolute atomic E-state index is 0.234. The lowest BCUT2D eigenvalue weighted by atomic mass is 10.1. The molecule has 0 spiro atoms. The number of benzene rings is 2. The normalized spacial score (nSPS) is 10.1. The van der Waals surface area contributed by atoms with Crippen molar-refractivity contribution in [3.8, 4) is 5.75 Å². The van der Waals surface area contributed by atoms with Crippen molar-refractivity contribution < 1.29 is 9.53 Å². The summed E-state index contributed by atoms with van der Waals surface area (Å²) in [6.45, 7) is 2.40. The minimum Gasteiger partial charge on any atom is -0.492 e. The number of ether oxygens (including phenoxy) is 1. The van der Waals surface area contributed by atoms with Crippen LogP contribution in [0.4, 0.5) is 11.4 Å². The molecular weight excluding hydrogens is 276 g/mol. The molecule has 3 N–H and O–H groups in total. The van der Waals surface area contributed by atoms with Crippen LogP contribution in [0, 0.1) is 0 Å². The van der Waals surface area contributed by atoms with Crippen molar-refractivity contribution in [2.45, 2.75) is 6.92 Å². The summed E-state index contributed by atoms with van der Waals surface area (Å²) < 4.78 is 5.33. The molecule has 20 heavy (non-hydrogen) atoms. The van der Waals surface area contributed by atoms with Crippen LogP contribution in [-0.4, -0.2) is 12.5 Å². The second kappa shape index (κ2) is 6.30. The van der Waals surface area contributed by atoms with Crippen LogP contribution in [0.15, 0.2) is 42.5 Å². The highest BCUT2D eigenvalue weighted by molar-refractivity contribution is 6.30. The van der Waals surface area contributed by atoms with Gasteiger partial charge in [-0.25, -0.2) is 0 Å². The Balaban J connectivity index is 2.13. The van der Waals surface area contributed by atoms with Crippen LogP contribution in [0.1, 0.15) is 17.3 Å². The summed E-state index contributed by atoms with van der Waals surface area (Å²) in [6, 6.07) is 11.8. The predicted molar refractivity (Wildman–Crippen MR) is 81.4 cm³/mol. The molecule has 4 nitrogen and oxygen atoms in total. The van der Waals surface area contributed by atoms with Crippen LogP contribution in [0.3, 0.4) is 0 Å². The molecule has 0 radical (unpaired) electrons. The fourth-order valence-electron chi connectivity index (χ4n) is 1.71. The number of nitrogen functional groups attached to an aromatic ring is 1. The van der Waals surface area contributed by atoms with E-state index in [0.29, 0.717) is 34.3 Å². The number of anilines is 2. The molecular formula is C15H15ClN2O2. The van der Waals surface area contributed by atoms with Gasteiger partial charge in [-0.2, -0.15) is 0 Å². The van der Waals surface area contributed by atoms with Gasteiger partial charge in [0.05, 0.1) is 12.3 Å². The molecule has 0 fully saturated rings. The van der Waals surface area contributed by atoms with Crippen molar-refractivity contribution in [2.75, 3.05) is 17.7 Å². The first kappa shape index (κ1) is 14.2. The third-order valence-electron chi connectivity index (χ3n) is 2.67. The number of halogens is 1. The van der Waals surface area contributed by atoms with Crippen LogP contribution < -0.4 is 15.8 Å². The fourth-order valence-corrected chi connectivity index (χ4v) is 1.84. The number of carbonyl (C=O) groups is 1. The second-order valence-electron chi connectivity index (χ2n) is 4.15. The van der Waals surface area contributed by atoms with Gasteiger partial charge in [0.15, 0.2) is 0 Å². The zero-order valence-electron chi connectivity index (χ0n) is 11.0. The monoisotopic (exact) mass is 290 g/mol. The lowest BCUT2D eigenvalue weighted by Gasteiger charge is -2.09. The molecule has 0 saturated carbocycles. The molecule has 0 aromatic heterocycles. The average Bonchev–Trinajstić information content (AvgIpc) is 2.44. The molecule has 0 atom stereocenters. The molecule has 2 aromatic rings. The number of hydrogen-bond acceptors (Lipinski definition) is 3. The molecule has 2 rings (SSSR count). The lowest BCUT2D eigenvalue weighted by molar-refractivity contribution is 0.102. The SMILES string of the molecule is CCOc1ccc(C(=O)Nc2ccc(Cl)cc2)cc1N. The van der Waals surface area contributed by atoms with Gasteiger partial charge < -0.3 is 15.8 Å². The fraction of sp³-hybridized carbons (Fsp3) is 0.133. The number of rotatable bonds is 4. The van der Waals surface area contributed by atoms with Gasteiger partial charge in [0, 0.05) is 16.3 Å². The molecule has 104 valence electrons. The maximum Gasteiger partial charge on any atom is 0.255 e. The molecule has 0 heterocycles. The second-order valence-corrected chi connectivity index (χ2v) is 4.58. The van der Waals surface area contributed by atoms with E-state index in [4.69, 9.17) is 22.1 Å². The predicted octanol–water partition coefficient (Wildman–Crippen LogP) is 3.57. The highest BCUT2D eigenvalue weighted by Gasteiger charge is 2.09. The summed E-state index contributed by atoms with van der Waals surface area (Å²) in [7, 11) is 0. The van der Waals surface area contributed by atoms with E-state index in [1.54, 1.807) is 42.5 Å². The summed E-state index contributed by atoms with van der Waals surface area (Å²) >= 11 is 5.79. The van der Waals surface area contributed by atoms with Gasteiger partial charge in [-0.05, 0) is 49.4 Å². The first-order valence-corrected chi connectivity index (χ1v) is 6.57. The van der Waals surface area contributed by atoms with Crippen LogP contribution in [0.2, 0.25) is 5.02 Å². The van der Waals surface area contributed by atoms with Gasteiger partial charge >= 0.3 is 0 Å². The summed E-state index contributed by atoms with van der Waals surface area (Å²) in [5.74, 6) is 0.345. The lowest BCUT2D eigenvalue weighted by Crippen LogP contribution is -2.12. The first-order chi connectivity index (χ1) is 9.60. The van der Waals surface area contributed by atoms with Gasteiger partial charge in [-0.3, -0.25) is 4.79 Å². The summed E-state index contributed by atoms with van der Waals surface area (Å²) in [4.78, 5) is 12.1. The van der Waals surface area contributed by atoms with E-state index in [0.717, 1.165) is 0 Å². The number of nitrogens with two attached hydrogens (primary N) is 1. The smallest absolute Gasteiger partial charge is 0.255 e. The Bertz CT molecular complexity index is 612. The van der Waals surface area contributed by atoms with Crippen molar-refractivity contribution in [3.05, 3.63) is 53.1 Å². The molecule has 2 aromatic carbocycles. The number of carbonyl (C=O) groups excluding carboxylic acids is 1. The summed E-state index contributed by atoms with van der Waals surface area (Å²) in [6.07, 6.45) is 0. The topological polar surface area (TPSA) is 64.3 Å². The third kappa shape index (κ3) is 3.42. The van der Waals surface area contributed by atoms with E-state index in [1.807, 2.05) is 6.92 Å². The Morgan fingerprint density at radius 3 is 2.55 bits per heavy atom. The van der Waals surface area contributed by atoms with Crippen molar-refractivity contribution in [1.82, 2.24) is 0 Å². The van der Waals surface area contributed by atoms with Gasteiger partial charge in [0.2, 0.25) is 0 Å². The largest absolute Gasteiger partial charge is 0.492 e. The maximum atomic E-state index is 12.1. The summed E-state index contributed by atoms with van der Waals surface area (Å²) in [5.41, 5.74) is 7.42. The van der Waals surface area contributed by atoms with Crippen molar-refractivity contribution in [1.29, 1.82) is 0 Å². The zero-order chi connectivity index (χ0) is 14.5. The van der Waals surface area contributed by atoms with Crippen molar-refractivity contribution in [2.24, 2.45) is 0 Å². The molecule has 0 aliphatic rings. The van der Waals surface area contributed by atoms with E-state index in [1.165, 1.54) is 0 Å². The highest BCUT2D eigenvalue weighted by Crippen LogP contribution is 2.23. The van der Waals surface area contributed by atoms with E-state index in [-0.39, 0.29) is 5.91 Å². The Kier molecular flexibility index (Phi) is 4.48. The molecule has 0 aliphatic carbocycles.